The summed E-state index contributed by atoms with van der Waals surface area (Å²) in [6, 6.07) is 0.126. The molecular weight excluding hydrogens is 222 g/mol. The highest BCUT2D eigenvalue weighted by Gasteiger charge is 2.41. The average molecular weight is 243 g/mol. The number of hydrogen-bond acceptors (Lipinski definition) is 3. The van der Waals surface area contributed by atoms with Gasteiger partial charge in [-0.25, -0.2) is 0 Å². The molecule has 92 valence electrons. The summed E-state index contributed by atoms with van der Waals surface area (Å²) < 4.78 is 0. The Balaban J connectivity index is 2.71. The van der Waals surface area contributed by atoms with Gasteiger partial charge in [-0.15, -0.1) is 0 Å². The minimum Gasteiger partial charge on any atom is -0.392 e. The van der Waals surface area contributed by atoms with Crippen LogP contribution < -0.4 is 11.1 Å². The molecule has 1 rings (SSSR count). The van der Waals surface area contributed by atoms with Gasteiger partial charge in [-0.1, -0.05) is 19.1 Å². The SMILES string of the molecule is CCC(C(N)=S)N1CCC(C)(C(=O)NC)C1. The van der Waals surface area contributed by atoms with Gasteiger partial charge in [0.1, 0.15) is 0 Å². The van der Waals surface area contributed by atoms with Gasteiger partial charge in [0.05, 0.1) is 16.4 Å². The predicted octanol–water partition coefficient (Wildman–Crippen LogP) is 0.509. The summed E-state index contributed by atoms with van der Waals surface area (Å²) >= 11 is 5.06. The van der Waals surface area contributed by atoms with Crippen LogP contribution in [-0.2, 0) is 4.79 Å². The lowest BCUT2D eigenvalue weighted by Gasteiger charge is -2.28. The van der Waals surface area contributed by atoms with Crippen molar-refractivity contribution in [2.24, 2.45) is 11.1 Å². The van der Waals surface area contributed by atoms with Gasteiger partial charge >= 0.3 is 0 Å². The summed E-state index contributed by atoms with van der Waals surface area (Å²) in [5, 5.41) is 2.72. The molecule has 0 aromatic heterocycles. The molecule has 0 aromatic carbocycles. The third kappa shape index (κ3) is 2.52. The zero-order valence-corrected chi connectivity index (χ0v) is 11.1. The molecule has 2 atom stereocenters. The van der Waals surface area contributed by atoms with Crippen LogP contribution in [0, 0.1) is 5.41 Å². The van der Waals surface area contributed by atoms with Crippen molar-refractivity contribution in [1.29, 1.82) is 0 Å². The Morgan fingerprint density at radius 3 is 2.75 bits per heavy atom. The molecule has 4 nitrogen and oxygen atoms in total. The van der Waals surface area contributed by atoms with Crippen molar-refractivity contribution < 1.29 is 4.79 Å². The quantitative estimate of drug-likeness (QED) is 0.706. The third-order valence-corrected chi connectivity index (χ3v) is 3.71. The Morgan fingerprint density at radius 2 is 2.31 bits per heavy atom. The van der Waals surface area contributed by atoms with Crippen LogP contribution in [0.4, 0.5) is 0 Å². The van der Waals surface area contributed by atoms with Gasteiger partial charge < -0.3 is 11.1 Å². The fourth-order valence-corrected chi connectivity index (χ4v) is 2.70. The Kier molecular flexibility index (Phi) is 4.27. The van der Waals surface area contributed by atoms with Crippen LogP contribution in [0.2, 0.25) is 0 Å². The maximum absolute atomic E-state index is 11.8. The fraction of sp³-hybridized carbons (Fsp3) is 0.818. The summed E-state index contributed by atoms with van der Waals surface area (Å²) in [4.78, 5) is 14.5. The molecule has 1 amide bonds. The normalized spacial score (nSPS) is 27.7. The zero-order chi connectivity index (χ0) is 12.3. The molecule has 1 heterocycles. The standard InChI is InChI=1S/C11H21N3OS/c1-4-8(9(12)16)14-6-5-11(2,7-14)10(15)13-3/h8H,4-7H2,1-3H3,(H2,12,16)(H,13,15). The predicted molar refractivity (Wildman–Crippen MR) is 69.2 cm³/mol. The van der Waals surface area contributed by atoms with E-state index in [-0.39, 0.29) is 17.4 Å². The van der Waals surface area contributed by atoms with Gasteiger partial charge in [0, 0.05) is 13.6 Å². The number of thiocarbonyl (C=S) groups is 1. The van der Waals surface area contributed by atoms with E-state index in [1.807, 2.05) is 6.92 Å². The van der Waals surface area contributed by atoms with Crippen molar-refractivity contribution in [3.05, 3.63) is 0 Å². The van der Waals surface area contributed by atoms with E-state index >= 15 is 0 Å². The maximum Gasteiger partial charge on any atom is 0.227 e. The smallest absolute Gasteiger partial charge is 0.227 e. The maximum atomic E-state index is 11.8. The molecular formula is C11H21N3OS. The topological polar surface area (TPSA) is 58.4 Å². The largest absolute Gasteiger partial charge is 0.392 e. The number of nitrogens with zero attached hydrogens (tertiary/aromatic N) is 1. The number of nitrogens with one attached hydrogen (secondary N) is 1. The van der Waals surface area contributed by atoms with E-state index in [9.17, 15) is 4.79 Å². The Bertz CT molecular complexity index is 295. The van der Waals surface area contributed by atoms with Crippen LogP contribution in [0.5, 0.6) is 0 Å². The summed E-state index contributed by atoms with van der Waals surface area (Å²) in [5.41, 5.74) is 5.41. The molecule has 0 aromatic rings. The first-order valence-electron chi connectivity index (χ1n) is 5.70. The second-order valence-corrected chi connectivity index (χ2v) is 5.16. The van der Waals surface area contributed by atoms with Crippen molar-refractivity contribution in [2.75, 3.05) is 20.1 Å². The van der Waals surface area contributed by atoms with Gasteiger partial charge in [-0.2, -0.15) is 0 Å². The average Bonchev–Trinajstić information content (AvgIpc) is 2.61. The van der Waals surface area contributed by atoms with E-state index in [0.29, 0.717) is 4.99 Å². The monoisotopic (exact) mass is 243 g/mol. The zero-order valence-electron chi connectivity index (χ0n) is 10.2. The number of nitrogens with two attached hydrogens (primary N) is 1. The van der Waals surface area contributed by atoms with Crippen LogP contribution >= 0.6 is 12.2 Å². The van der Waals surface area contributed by atoms with Crippen molar-refractivity contribution in [3.8, 4) is 0 Å². The molecule has 1 aliphatic rings. The van der Waals surface area contributed by atoms with Crippen LogP contribution in [-0.4, -0.2) is 42.0 Å². The Morgan fingerprint density at radius 1 is 1.69 bits per heavy atom. The van der Waals surface area contributed by atoms with Crippen LogP contribution in [0.15, 0.2) is 0 Å². The highest BCUT2D eigenvalue weighted by atomic mass is 32.1. The summed E-state index contributed by atoms with van der Waals surface area (Å²) in [6.45, 7) is 5.69. The van der Waals surface area contributed by atoms with Gasteiger partial charge in [0.15, 0.2) is 0 Å². The van der Waals surface area contributed by atoms with E-state index in [4.69, 9.17) is 18.0 Å². The molecule has 0 radical (unpaired) electrons. The number of rotatable bonds is 4. The number of carbonyl (C=O) groups excluding carboxylic acids is 1. The first-order chi connectivity index (χ1) is 7.44. The molecule has 1 fully saturated rings. The second kappa shape index (κ2) is 5.10. The van der Waals surface area contributed by atoms with Crippen LogP contribution in [0.1, 0.15) is 26.7 Å². The first-order valence-corrected chi connectivity index (χ1v) is 6.11. The minimum absolute atomic E-state index is 0.104. The number of hydrogen-bond donors (Lipinski definition) is 2. The van der Waals surface area contributed by atoms with E-state index in [1.165, 1.54) is 0 Å². The number of carbonyl (C=O) groups is 1. The molecule has 5 heteroatoms. The third-order valence-electron chi connectivity index (χ3n) is 3.43. The molecule has 0 aliphatic carbocycles. The molecule has 3 N–H and O–H groups in total. The van der Waals surface area contributed by atoms with E-state index in [0.717, 1.165) is 25.9 Å². The molecule has 1 aliphatic heterocycles. The van der Waals surface area contributed by atoms with Gasteiger partial charge in [-0.05, 0) is 26.3 Å². The summed E-state index contributed by atoms with van der Waals surface area (Å²) in [7, 11) is 1.68. The molecule has 16 heavy (non-hydrogen) atoms. The van der Waals surface area contributed by atoms with Gasteiger partial charge in [-0.3, -0.25) is 9.69 Å². The molecule has 0 spiro atoms. The lowest BCUT2D eigenvalue weighted by molar-refractivity contribution is -0.129. The molecule has 2 unspecified atom stereocenters. The number of amides is 1. The minimum atomic E-state index is -0.299. The molecule has 0 bridgehead atoms. The van der Waals surface area contributed by atoms with Crippen molar-refractivity contribution in [3.63, 3.8) is 0 Å². The Hall–Kier alpha value is -0.680. The van der Waals surface area contributed by atoms with Crippen molar-refractivity contribution in [1.82, 2.24) is 10.2 Å². The second-order valence-electron chi connectivity index (χ2n) is 4.69. The lowest BCUT2D eigenvalue weighted by atomic mass is 9.89. The molecule has 1 saturated heterocycles. The number of likely N-dealkylation sites (tertiary alicyclic amines) is 1. The van der Waals surface area contributed by atoms with E-state index in [1.54, 1.807) is 7.05 Å². The van der Waals surface area contributed by atoms with Crippen LogP contribution in [0.3, 0.4) is 0 Å². The van der Waals surface area contributed by atoms with E-state index in [2.05, 4.69) is 17.1 Å². The van der Waals surface area contributed by atoms with Gasteiger partial charge in [0.25, 0.3) is 0 Å². The lowest BCUT2D eigenvalue weighted by Crippen LogP contribution is -2.45. The highest BCUT2D eigenvalue weighted by molar-refractivity contribution is 7.80. The Labute approximate surface area is 103 Å². The van der Waals surface area contributed by atoms with Crippen molar-refractivity contribution in [2.45, 2.75) is 32.7 Å². The first kappa shape index (κ1) is 13.4. The summed E-state index contributed by atoms with van der Waals surface area (Å²) in [6.07, 6.45) is 1.77. The molecule has 0 saturated carbocycles. The van der Waals surface area contributed by atoms with Crippen molar-refractivity contribution >= 4 is 23.1 Å². The fourth-order valence-electron chi connectivity index (χ4n) is 2.39. The highest BCUT2D eigenvalue weighted by Crippen LogP contribution is 2.31. The van der Waals surface area contributed by atoms with E-state index < -0.39 is 0 Å². The van der Waals surface area contributed by atoms with Gasteiger partial charge in [0.2, 0.25) is 5.91 Å². The summed E-state index contributed by atoms with van der Waals surface area (Å²) in [5.74, 6) is 0.104. The van der Waals surface area contributed by atoms with Crippen LogP contribution in [0.25, 0.3) is 0 Å².